The zero-order valence-corrected chi connectivity index (χ0v) is 11.0. The molecule has 0 aliphatic rings. The molecule has 0 unspecified atom stereocenters. The Morgan fingerprint density at radius 2 is 1.89 bits per heavy atom. The third-order valence-corrected chi connectivity index (χ3v) is 2.53. The van der Waals surface area contributed by atoms with Crippen LogP contribution in [0.1, 0.15) is 5.56 Å². The predicted molar refractivity (Wildman–Crippen MR) is 69.3 cm³/mol. The maximum atomic E-state index is 13.8. The lowest BCUT2D eigenvalue weighted by Gasteiger charge is -2.11. The Morgan fingerprint density at radius 1 is 1.17 bits per heavy atom. The first kappa shape index (κ1) is 12.7. The summed E-state index contributed by atoms with van der Waals surface area (Å²) in [7, 11) is 3.56. The summed E-state index contributed by atoms with van der Waals surface area (Å²) in [6, 6.07) is 4.76. The van der Waals surface area contributed by atoms with Crippen molar-refractivity contribution in [1.29, 1.82) is 0 Å². The summed E-state index contributed by atoms with van der Waals surface area (Å²) in [5, 5.41) is 0.0459. The summed E-state index contributed by atoms with van der Waals surface area (Å²) in [4.78, 5) is 13.8. The molecule has 0 fully saturated rings. The molecule has 1 aromatic carbocycles. The Balaban J connectivity index is 2.60. The highest BCUT2D eigenvalue weighted by molar-refractivity contribution is 6.28. The van der Waals surface area contributed by atoms with Crippen molar-refractivity contribution in [2.75, 3.05) is 19.0 Å². The highest BCUT2D eigenvalue weighted by Gasteiger charge is 2.12. The molecule has 0 radical (unpaired) electrons. The minimum Gasteiger partial charge on any atom is -0.347 e. The fraction of sp³-hybridized carbons (Fsp3) is 0.250. The van der Waals surface area contributed by atoms with Crippen molar-refractivity contribution in [3.63, 3.8) is 0 Å². The Labute approximate surface area is 109 Å². The zero-order chi connectivity index (χ0) is 13.3. The van der Waals surface area contributed by atoms with Crippen LogP contribution >= 0.6 is 11.6 Å². The molecule has 0 amide bonds. The van der Waals surface area contributed by atoms with Gasteiger partial charge in [-0.05, 0) is 30.7 Å². The Bertz CT molecular complexity index is 586. The monoisotopic (exact) mass is 266 g/mol. The summed E-state index contributed by atoms with van der Waals surface area (Å²) in [6.07, 6.45) is 0. The highest BCUT2D eigenvalue weighted by atomic mass is 35.5. The van der Waals surface area contributed by atoms with Gasteiger partial charge >= 0.3 is 0 Å². The number of nitrogens with zero attached hydrogens (tertiary/aromatic N) is 4. The first-order valence-electron chi connectivity index (χ1n) is 5.33. The molecule has 0 saturated carbocycles. The molecule has 0 aliphatic carbocycles. The number of halogens is 2. The second-order valence-electron chi connectivity index (χ2n) is 4.11. The summed E-state index contributed by atoms with van der Waals surface area (Å²) in [5.74, 6) is 0.248. The van der Waals surface area contributed by atoms with Gasteiger partial charge in [0, 0.05) is 14.1 Å². The van der Waals surface area contributed by atoms with Crippen LogP contribution in [0.5, 0.6) is 0 Å². The average molecular weight is 267 g/mol. The molecule has 4 nitrogen and oxygen atoms in total. The van der Waals surface area contributed by atoms with E-state index in [0.29, 0.717) is 11.5 Å². The number of rotatable bonds is 2. The van der Waals surface area contributed by atoms with Gasteiger partial charge in [0.1, 0.15) is 5.82 Å². The molecule has 0 bridgehead atoms. The maximum absolute atomic E-state index is 13.8. The Hall–Kier alpha value is -1.75. The van der Waals surface area contributed by atoms with Gasteiger partial charge in [0.25, 0.3) is 0 Å². The lowest BCUT2D eigenvalue weighted by molar-refractivity contribution is 0.629. The topological polar surface area (TPSA) is 41.9 Å². The summed E-state index contributed by atoms with van der Waals surface area (Å²) in [5.41, 5.74) is 1.25. The Morgan fingerprint density at radius 3 is 2.56 bits per heavy atom. The van der Waals surface area contributed by atoms with E-state index >= 15 is 0 Å². The van der Waals surface area contributed by atoms with E-state index < -0.39 is 0 Å². The maximum Gasteiger partial charge on any atom is 0.229 e. The summed E-state index contributed by atoms with van der Waals surface area (Å²) < 4.78 is 13.8. The van der Waals surface area contributed by atoms with Crippen LogP contribution in [0.15, 0.2) is 18.2 Å². The number of benzene rings is 1. The van der Waals surface area contributed by atoms with Crippen LogP contribution in [0, 0.1) is 12.7 Å². The quantitative estimate of drug-likeness (QED) is 0.838. The number of anilines is 1. The van der Waals surface area contributed by atoms with Crippen LogP contribution in [0.25, 0.3) is 11.4 Å². The van der Waals surface area contributed by atoms with Crippen molar-refractivity contribution in [2.45, 2.75) is 6.92 Å². The molecule has 0 atom stereocenters. The lowest BCUT2D eigenvalue weighted by Crippen LogP contribution is -2.14. The van der Waals surface area contributed by atoms with Crippen LogP contribution < -0.4 is 4.90 Å². The third-order valence-electron chi connectivity index (χ3n) is 2.36. The van der Waals surface area contributed by atoms with Crippen molar-refractivity contribution in [3.8, 4) is 11.4 Å². The van der Waals surface area contributed by atoms with Crippen molar-refractivity contribution >= 4 is 17.5 Å². The van der Waals surface area contributed by atoms with Crippen molar-refractivity contribution < 1.29 is 4.39 Å². The van der Waals surface area contributed by atoms with E-state index in [1.165, 1.54) is 6.07 Å². The molecular weight excluding hydrogens is 255 g/mol. The van der Waals surface area contributed by atoms with E-state index in [1.807, 2.05) is 6.92 Å². The number of hydrogen-bond donors (Lipinski definition) is 0. The van der Waals surface area contributed by atoms with Crippen molar-refractivity contribution in [1.82, 2.24) is 15.0 Å². The number of hydrogen-bond acceptors (Lipinski definition) is 4. The molecule has 1 aromatic heterocycles. The van der Waals surface area contributed by atoms with Crippen molar-refractivity contribution in [3.05, 3.63) is 34.9 Å². The van der Waals surface area contributed by atoms with Crippen LogP contribution in [0.2, 0.25) is 5.28 Å². The van der Waals surface area contributed by atoms with E-state index in [-0.39, 0.29) is 16.9 Å². The van der Waals surface area contributed by atoms with Gasteiger partial charge in [-0.25, -0.2) is 4.39 Å². The fourth-order valence-electron chi connectivity index (χ4n) is 1.47. The molecule has 0 spiro atoms. The Kier molecular flexibility index (Phi) is 3.43. The third kappa shape index (κ3) is 2.56. The second kappa shape index (κ2) is 4.86. The van der Waals surface area contributed by atoms with Gasteiger partial charge in [-0.15, -0.1) is 0 Å². The summed E-state index contributed by atoms with van der Waals surface area (Å²) >= 11 is 5.82. The van der Waals surface area contributed by atoms with Gasteiger partial charge in [-0.2, -0.15) is 15.0 Å². The predicted octanol–water partition coefficient (Wildman–Crippen LogP) is 2.71. The van der Waals surface area contributed by atoms with Crippen LogP contribution in [0.3, 0.4) is 0 Å². The number of aromatic nitrogens is 3. The van der Waals surface area contributed by atoms with Crippen molar-refractivity contribution in [2.24, 2.45) is 0 Å². The summed E-state index contributed by atoms with van der Waals surface area (Å²) in [6.45, 7) is 1.87. The van der Waals surface area contributed by atoms with E-state index in [4.69, 9.17) is 11.6 Å². The SMILES string of the molecule is Cc1ccc(F)c(-c2nc(Cl)nc(N(C)C)n2)c1. The number of aryl methyl sites for hydroxylation is 1. The second-order valence-corrected chi connectivity index (χ2v) is 4.44. The van der Waals surface area contributed by atoms with Gasteiger partial charge < -0.3 is 4.90 Å². The average Bonchev–Trinajstić information content (AvgIpc) is 2.31. The molecule has 18 heavy (non-hydrogen) atoms. The van der Waals surface area contributed by atoms with E-state index in [2.05, 4.69) is 15.0 Å². The normalized spacial score (nSPS) is 10.5. The molecule has 0 aliphatic heterocycles. The lowest BCUT2D eigenvalue weighted by atomic mass is 10.1. The molecule has 0 saturated heterocycles. The molecule has 1 heterocycles. The fourth-order valence-corrected chi connectivity index (χ4v) is 1.63. The zero-order valence-electron chi connectivity index (χ0n) is 10.3. The van der Waals surface area contributed by atoms with Gasteiger partial charge in [0.05, 0.1) is 5.56 Å². The van der Waals surface area contributed by atoms with Gasteiger partial charge in [-0.3, -0.25) is 0 Å². The molecule has 2 rings (SSSR count). The van der Waals surface area contributed by atoms with Gasteiger partial charge in [0.2, 0.25) is 11.2 Å². The van der Waals surface area contributed by atoms with E-state index in [9.17, 15) is 4.39 Å². The highest BCUT2D eigenvalue weighted by Crippen LogP contribution is 2.22. The van der Waals surface area contributed by atoms with Crippen LogP contribution in [-0.4, -0.2) is 29.0 Å². The first-order valence-corrected chi connectivity index (χ1v) is 5.70. The molecule has 0 N–H and O–H groups in total. The van der Waals surface area contributed by atoms with Gasteiger partial charge in [0.15, 0.2) is 5.82 Å². The van der Waals surface area contributed by atoms with Crippen LogP contribution in [-0.2, 0) is 0 Å². The smallest absolute Gasteiger partial charge is 0.229 e. The standard InChI is InChI=1S/C12H12ClFN4/c1-7-4-5-9(14)8(6-7)10-15-11(13)17-12(16-10)18(2)3/h4-6H,1-3H3. The molecule has 6 heteroatoms. The minimum absolute atomic E-state index is 0.0459. The van der Waals surface area contributed by atoms with Gasteiger partial charge in [-0.1, -0.05) is 11.6 Å². The minimum atomic E-state index is -0.382. The molecule has 2 aromatic rings. The molecular formula is C12H12ClFN4. The molecule has 94 valence electrons. The van der Waals surface area contributed by atoms with Crippen LogP contribution in [0.4, 0.5) is 10.3 Å². The van der Waals surface area contributed by atoms with E-state index in [1.54, 1.807) is 31.1 Å². The van der Waals surface area contributed by atoms with E-state index in [0.717, 1.165) is 5.56 Å². The first-order chi connectivity index (χ1) is 8.47. The largest absolute Gasteiger partial charge is 0.347 e.